The van der Waals surface area contributed by atoms with E-state index < -0.39 is 101 Å². The van der Waals surface area contributed by atoms with Gasteiger partial charge in [0.15, 0.2) is 0 Å². The van der Waals surface area contributed by atoms with Gasteiger partial charge in [0.25, 0.3) is 0 Å². The quantitative estimate of drug-likeness (QED) is 0.0125. The number of hydrogen-bond donors (Lipinski definition) is 15. The third-order valence-electron chi connectivity index (χ3n) is 14.5. The normalized spacial score (nSPS) is 15.4. The molecule has 10 unspecified atom stereocenters. The van der Waals surface area contributed by atoms with Crippen LogP contribution in [0.3, 0.4) is 0 Å². The van der Waals surface area contributed by atoms with Gasteiger partial charge in [-0.1, -0.05) is 47.8 Å². The number of allylic oxidation sites excluding steroid dienone is 1. The number of rotatable bonds is 62. The van der Waals surface area contributed by atoms with Crippen molar-refractivity contribution in [3.05, 3.63) is 107 Å². The molecule has 6 rings (SSSR count). The van der Waals surface area contributed by atoms with Gasteiger partial charge in [-0.15, -0.1) is 35.7 Å². The number of nitrogens with one attached hydrogen (secondary N) is 3. The number of aliphatic hydroxyl groups is 12. The van der Waals surface area contributed by atoms with E-state index in [-0.39, 0.29) is 151 Å². The summed E-state index contributed by atoms with van der Waals surface area (Å²) in [5.74, 6) is 0. The topological polar surface area (TPSA) is 623 Å². The number of aromatic nitrogens is 18. The summed E-state index contributed by atoms with van der Waals surface area (Å²) in [4.78, 5) is 0. The second kappa shape index (κ2) is 50.9. The minimum Gasteiger partial charge on any atom is -0.394 e. The number of hydrogen-bond acceptors (Lipinski definition) is 40. The van der Waals surface area contributed by atoms with Crippen LogP contribution >= 0.6 is 0 Å². The van der Waals surface area contributed by atoms with Crippen LogP contribution in [0.2, 0.25) is 0 Å². The predicted molar refractivity (Wildman–Crippen MR) is 364 cm³/mol. The molecule has 6 aromatic heterocycles. The molecule has 0 amide bonds. The van der Waals surface area contributed by atoms with Crippen molar-refractivity contribution in [1.29, 1.82) is 5.53 Å². The lowest BCUT2D eigenvalue weighted by Gasteiger charge is -2.20. The lowest BCUT2D eigenvalue weighted by atomic mass is 10.3. The van der Waals surface area contributed by atoms with Crippen LogP contribution in [-0.4, -0.2) is 336 Å². The molecule has 0 fully saturated rings. The van der Waals surface area contributed by atoms with Crippen LogP contribution in [0.15, 0.2) is 98.4 Å². The summed E-state index contributed by atoms with van der Waals surface area (Å²) < 4.78 is 63.9. The fourth-order valence-corrected chi connectivity index (χ4v) is 9.13. The van der Waals surface area contributed by atoms with Gasteiger partial charge in [0, 0.05) is 26.0 Å². The van der Waals surface area contributed by atoms with E-state index in [4.69, 9.17) is 48.2 Å². The number of ether oxygens (including phenoxy) is 9. The third-order valence-corrected chi connectivity index (χ3v) is 14.5. The zero-order valence-electron chi connectivity index (χ0n) is 60.2. The van der Waals surface area contributed by atoms with Crippen LogP contribution < -0.4 is 10.7 Å². The van der Waals surface area contributed by atoms with Crippen LogP contribution in [0.5, 0.6) is 0 Å². The predicted octanol–water partition coefficient (Wildman–Crippen LogP) is -6.00. The molecular formula is C60H101N27O21. The molecule has 48 heteroatoms. The Morgan fingerprint density at radius 3 is 1.24 bits per heavy atom. The minimum atomic E-state index is -1.14. The molecule has 15 N–H and O–H groups in total. The van der Waals surface area contributed by atoms with E-state index in [2.05, 4.69) is 98.4 Å². The first-order valence-corrected chi connectivity index (χ1v) is 34.2. The SMILES string of the molecule is C/C=C(COCC(COCc1cn(CC(COCc2cn(CC(O)CO)nn2)OCC(=C/NCC(O)CO)/N=N\C)nn1)OCc1cn(CC(COCc2cn(CC(O)CO)nn2)OC/C(C)=C/N(CC(O)CO)N=N)nn1)\N=N/NCC(COCc1cn(CC(O)CO)nn1)OCc1cn(CC(O)CO)nn1. The van der Waals surface area contributed by atoms with Crippen LogP contribution in [0.25, 0.3) is 0 Å². The molecule has 0 bridgehead atoms. The van der Waals surface area contributed by atoms with Crippen molar-refractivity contribution in [2.45, 2.75) is 154 Å². The van der Waals surface area contributed by atoms with Gasteiger partial charge in [0.05, 0.1) is 264 Å². The fraction of sp³-hybridized carbons (Fsp3) is 0.700. The van der Waals surface area contributed by atoms with Crippen LogP contribution in [0.1, 0.15) is 48.0 Å². The molecule has 0 radical (unpaired) electrons. The molecule has 0 aliphatic rings. The zero-order chi connectivity index (χ0) is 77.7. The van der Waals surface area contributed by atoms with Crippen molar-refractivity contribution in [1.82, 2.24) is 106 Å². The van der Waals surface area contributed by atoms with Crippen molar-refractivity contribution in [2.75, 3.05) is 119 Å². The summed E-state index contributed by atoms with van der Waals surface area (Å²) in [6.45, 7) is 0.797. The van der Waals surface area contributed by atoms with E-state index in [1.54, 1.807) is 57.1 Å². The average molecular weight is 1540 g/mol. The highest BCUT2D eigenvalue weighted by atomic mass is 16.6. The number of azo groups is 1. The van der Waals surface area contributed by atoms with Gasteiger partial charge < -0.3 is 109 Å². The Bertz CT molecular complexity index is 3550. The standard InChI is InChI=1S/C60H101N27O21/c1-4-43(66-74-64-7-57(106-35-49-13-85(78-71-49)19-56(99)27-93)37-101-30-45-9-82(75-67-45)16-53(96)24-90)29-100-40-60(108-36-50-14-87(80-72-50)20-58(105-28-42(2)8-81(73-61)15-52(95)23-89)38-102-31-46-10-83(76-68-46)17-54(97)25-91)41-104-33-48-12-86(79-70-48)21-59(107-34-44(65-62-3)5-63-6-51(94)22-88)39-103-32-47-11-84(77-69-47)18-55(98)26-92/h4-5,8-14,51-61,63,88-99H,6-7,15-41H2,1-3H3,(H,64,66)/b42-8+,43-4-,44-5-,65-62-,73-61?. The molecule has 0 aliphatic heterocycles. The Morgan fingerprint density at radius 2 is 0.833 bits per heavy atom. The van der Waals surface area contributed by atoms with Gasteiger partial charge in [0.1, 0.15) is 64.3 Å². The fourth-order valence-electron chi connectivity index (χ4n) is 9.13. The second-order valence-electron chi connectivity index (χ2n) is 24.3. The largest absolute Gasteiger partial charge is 0.394 e. The van der Waals surface area contributed by atoms with Gasteiger partial charge in [-0.3, -0.25) is 10.4 Å². The molecule has 10 atom stereocenters. The first-order valence-electron chi connectivity index (χ1n) is 34.2. The average Bonchev–Trinajstić information content (AvgIpc) is 1.75. The van der Waals surface area contributed by atoms with Gasteiger partial charge >= 0.3 is 0 Å². The summed E-state index contributed by atoms with van der Waals surface area (Å²) in [5, 5.41) is 188. The van der Waals surface area contributed by atoms with Crippen molar-refractivity contribution < 1.29 is 104 Å². The molecule has 108 heavy (non-hydrogen) atoms. The third kappa shape index (κ3) is 35.6. The Kier molecular flexibility index (Phi) is 41.7. The first-order chi connectivity index (χ1) is 52.4. The van der Waals surface area contributed by atoms with Gasteiger partial charge in [0.2, 0.25) is 0 Å². The maximum Gasteiger partial charge on any atom is 0.108 e. The van der Waals surface area contributed by atoms with E-state index in [1.165, 1.54) is 47.5 Å². The van der Waals surface area contributed by atoms with E-state index >= 15 is 0 Å². The highest BCUT2D eigenvalue weighted by Gasteiger charge is 2.21. The first kappa shape index (κ1) is 88.3. The van der Waals surface area contributed by atoms with Gasteiger partial charge in [-0.05, 0) is 19.4 Å². The van der Waals surface area contributed by atoms with Crippen molar-refractivity contribution in [2.24, 2.45) is 25.8 Å². The molecule has 0 saturated carbocycles. The smallest absolute Gasteiger partial charge is 0.108 e. The minimum absolute atomic E-state index is 0.0108. The molecule has 602 valence electrons. The summed E-state index contributed by atoms with van der Waals surface area (Å²) in [7, 11) is 1.48. The van der Waals surface area contributed by atoms with Crippen molar-refractivity contribution >= 4 is 0 Å². The Labute approximate surface area is 618 Å². The summed E-state index contributed by atoms with van der Waals surface area (Å²) >= 11 is 0. The highest BCUT2D eigenvalue weighted by Crippen LogP contribution is 2.14. The van der Waals surface area contributed by atoms with Crippen LogP contribution in [0.4, 0.5) is 0 Å². The number of aliphatic hydroxyl groups excluding tert-OH is 12. The summed E-state index contributed by atoms with van der Waals surface area (Å²) in [6, 6.07) is 0. The Morgan fingerprint density at radius 1 is 0.454 bits per heavy atom. The van der Waals surface area contributed by atoms with Crippen LogP contribution in [0, 0.1) is 5.53 Å². The van der Waals surface area contributed by atoms with E-state index in [9.17, 15) is 61.3 Å². The molecular weight excluding hydrogens is 1430 g/mol. The van der Waals surface area contributed by atoms with E-state index in [0.717, 1.165) is 5.01 Å². The summed E-state index contributed by atoms with van der Waals surface area (Å²) in [5.41, 5.74) is 14.4. The Balaban J connectivity index is 1.13. The molecule has 0 saturated heterocycles. The molecule has 6 heterocycles. The van der Waals surface area contributed by atoms with Crippen molar-refractivity contribution in [3.8, 4) is 0 Å². The summed E-state index contributed by atoms with van der Waals surface area (Å²) in [6.07, 6.45) is 5.26. The lowest BCUT2D eigenvalue weighted by Crippen LogP contribution is -2.30. The second-order valence-corrected chi connectivity index (χ2v) is 24.3. The maximum absolute atomic E-state index is 9.96. The zero-order valence-corrected chi connectivity index (χ0v) is 60.2. The molecule has 48 nitrogen and oxygen atoms in total. The Hall–Kier alpha value is -8.58. The monoisotopic (exact) mass is 1540 g/mol. The van der Waals surface area contributed by atoms with Crippen LogP contribution in [-0.2, 0) is 122 Å². The number of nitrogens with zero attached hydrogens (tertiary/aromatic N) is 24. The van der Waals surface area contributed by atoms with Gasteiger partial charge in [-0.25, -0.2) is 28.1 Å². The molecule has 0 aliphatic carbocycles. The molecule has 0 aromatic carbocycles. The highest BCUT2D eigenvalue weighted by molar-refractivity contribution is 5.01. The molecule has 0 spiro atoms. The lowest BCUT2D eigenvalue weighted by molar-refractivity contribution is -0.0683. The van der Waals surface area contributed by atoms with Crippen molar-refractivity contribution in [3.63, 3.8) is 0 Å². The van der Waals surface area contributed by atoms with E-state index in [0.29, 0.717) is 51.1 Å². The maximum atomic E-state index is 9.96. The van der Waals surface area contributed by atoms with Gasteiger partial charge in [-0.2, -0.15) is 15.8 Å². The van der Waals surface area contributed by atoms with E-state index in [1.807, 2.05) is 0 Å². The molecule has 6 aromatic rings.